The maximum atomic E-state index is 12.1. The van der Waals surface area contributed by atoms with Gasteiger partial charge in [-0.15, -0.1) is 24.8 Å². The fraction of sp³-hybridized carbons (Fsp3) is 0.938. The van der Waals surface area contributed by atoms with Crippen molar-refractivity contribution in [3.8, 4) is 0 Å². The van der Waals surface area contributed by atoms with Crippen molar-refractivity contribution in [1.29, 1.82) is 0 Å². The number of nitrogens with one attached hydrogen (secondary N) is 1. The first-order valence-corrected chi connectivity index (χ1v) is 8.05. The van der Waals surface area contributed by atoms with E-state index in [0.717, 1.165) is 19.5 Å². The molecule has 7 heteroatoms. The Kier molecular flexibility index (Phi) is 11.7. The lowest BCUT2D eigenvalue weighted by Crippen LogP contribution is -2.59. The van der Waals surface area contributed by atoms with E-state index in [9.17, 15) is 4.79 Å². The lowest BCUT2D eigenvalue weighted by Gasteiger charge is -2.45. The molecule has 0 radical (unpaired) electrons. The van der Waals surface area contributed by atoms with Crippen LogP contribution < -0.4 is 11.1 Å². The highest BCUT2D eigenvalue weighted by Gasteiger charge is 2.33. The van der Waals surface area contributed by atoms with E-state index in [1.165, 1.54) is 0 Å². The van der Waals surface area contributed by atoms with E-state index in [4.69, 9.17) is 10.5 Å². The van der Waals surface area contributed by atoms with Crippen LogP contribution in [-0.2, 0) is 9.53 Å². The summed E-state index contributed by atoms with van der Waals surface area (Å²) >= 11 is 0. The minimum Gasteiger partial charge on any atom is -0.373 e. The van der Waals surface area contributed by atoms with Crippen LogP contribution in [0.15, 0.2) is 0 Å². The number of nitrogens with zero attached hydrogens (tertiary/aromatic N) is 1. The Balaban J connectivity index is 0. The number of carbonyl (C=O) groups excluding carboxylic acids is 1. The summed E-state index contributed by atoms with van der Waals surface area (Å²) in [4.78, 5) is 14.4. The van der Waals surface area contributed by atoms with Crippen molar-refractivity contribution in [3.63, 3.8) is 0 Å². The molecule has 3 atom stereocenters. The standard InChI is InChI=1S/C16H33N3O2.2ClH/c1-11(2)7-14(17)15(20)18-10-16(5,6)19-8-12(3)21-13(4)9-19;;/h11-14H,7-10,17H2,1-6H3,(H,18,20);2*1H/t12?,13?,14-;;/m0../s1. The summed E-state index contributed by atoms with van der Waals surface area (Å²) in [5.41, 5.74) is 5.83. The number of morpholine rings is 1. The van der Waals surface area contributed by atoms with Gasteiger partial charge in [-0.3, -0.25) is 9.69 Å². The first kappa shape index (κ1) is 25.2. The van der Waals surface area contributed by atoms with Gasteiger partial charge in [0, 0.05) is 25.2 Å². The van der Waals surface area contributed by atoms with Gasteiger partial charge in [-0.2, -0.15) is 0 Å². The van der Waals surface area contributed by atoms with Gasteiger partial charge < -0.3 is 15.8 Å². The Morgan fingerprint density at radius 3 is 2.17 bits per heavy atom. The monoisotopic (exact) mass is 371 g/mol. The molecule has 1 saturated heterocycles. The summed E-state index contributed by atoms with van der Waals surface area (Å²) in [5.74, 6) is 0.380. The zero-order valence-corrected chi connectivity index (χ0v) is 16.9. The van der Waals surface area contributed by atoms with E-state index in [1.54, 1.807) is 0 Å². The van der Waals surface area contributed by atoms with Gasteiger partial charge in [-0.05, 0) is 40.0 Å². The molecule has 0 bridgehead atoms. The van der Waals surface area contributed by atoms with Crippen LogP contribution in [0.25, 0.3) is 0 Å². The quantitative estimate of drug-likeness (QED) is 0.750. The molecule has 0 aromatic carbocycles. The van der Waals surface area contributed by atoms with Crippen LogP contribution in [0.2, 0.25) is 0 Å². The molecule has 1 heterocycles. The van der Waals surface area contributed by atoms with Crippen LogP contribution in [0.1, 0.15) is 48.0 Å². The maximum Gasteiger partial charge on any atom is 0.236 e. The summed E-state index contributed by atoms with van der Waals surface area (Å²) in [6.45, 7) is 15.1. The molecule has 0 aromatic rings. The zero-order chi connectivity index (χ0) is 16.2. The number of amides is 1. The zero-order valence-electron chi connectivity index (χ0n) is 15.3. The van der Waals surface area contributed by atoms with Crippen molar-refractivity contribution in [1.82, 2.24) is 10.2 Å². The van der Waals surface area contributed by atoms with E-state index >= 15 is 0 Å². The molecule has 0 aromatic heterocycles. The van der Waals surface area contributed by atoms with E-state index in [-0.39, 0.29) is 48.5 Å². The third-order valence-corrected chi connectivity index (χ3v) is 4.03. The predicted octanol–water partition coefficient (Wildman–Crippen LogP) is 2.21. The second-order valence-electron chi connectivity index (χ2n) is 7.43. The van der Waals surface area contributed by atoms with Crippen LogP contribution in [0.3, 0.4) is 0 Å². The van der Waals surface area contributed by atoms with Crippen molar-refractivity contribution >= 4 is 30.7 Å². The van der Waals surface area contributed by atoms with Crippen LogP contribution in [0, 0.1) is 5.92 Å². The third-order valence-electron chi connectivity index (χ3n) is 4.03. The van der Waals surface area contributed by atoms with E-state index in [0.29, 0.717) is 12.5 Å². The highest BCUT2D eigenvalue weighted by Crippen LogP contribution is 2.20. The molecule has 5 nitrogen and oxygen atoms in total. The number of carbonyl (C=O) groups is 1. The van der Waals surface area contributed by atoms with Gasteiger partial charge in [-0.25, -0.2) is 0 Å². The largest absolute Gasteiger partial charge is 0.373 e. The summed E-state index contributed by atoms with van der Waals surface area (Å²) in [6.07, 6.45) is 1.18. The van der Waals surface area contributed by atoms with Crippen LogP contribution >= 0.6 is 24.8 Å². The SMILES string of the molecule is CC(C)C[C@H](N)C(=O)NCC(C)(C)N1CC(C)OC(C)C1.Cl.Cl. The molecule has 1 aliphatic rings. The molecule has 2 unspecified atom stereocenters. The van der Waals surface area contributed by atoms with E-state index in [1.807, 2.05) is 0 Å². The molecule has 3 N–H and O–H groups in total. The summed E-state index contributed by atoms with van der Waals surface area (Å²) < 4.78 is 5.77. The molecule has 1 aliphatic heterocycles. The van der Waals surface area contributed by atoms with Gasteiger partial charge in [0.2, 0.25) is 5.91 Å². The van der Waals surface area contributed by atoms with Gasteiger partial charge >= 0.3 is 0 Å². The Morgan fingerprint density at radius 1 is 1.26 bits per heavy atom. The molecule has 0 saturated carbocycles. The molecule has 23 heavy (non-hydrogen) atoms. The van der Waals surface area contributed by atoms with Crippen molar-refractivity contribution in [2.24, 2.45) is 11.7 Å². The van der Waals surface area contributed by atoms with Gasteiger partial charge in [0.15, 0.2) is 0 Å². The number of hydrogen-bond acceptors (Lipinski definition) is 4. The fourth-order valence-corrected chi connectivity index (χ4v) is 2.83. The Morgan fingerprint density at radius 2 is 1.74 bits per heavy atom. The first-order valence-electron chi connectivity index (χ1n) is 8.05. The average Bonchev–Trinajstić information content (AvgIpc) is 2.34. The fourth-order valence-electron chi connectivity index (χ4n) is 2.83. The number of rotatable bonds is 6. The van der Waals surface area contributed by atoms with Crippen LogP contribution in [-0.4, -0.2) is 54.2 Å². The van der Waals surface area contributed by atoms with Crippen molar-refractivity contribution in [2.75, 3.05) is 19.6 Å². The number of nitrogens with two attached hydrogens (primary N) is 1. The van der Waals surface area contributed by atoms with Crippen molar-refractivity contribution < 1.29 is 9.53 Å². The molecule has 1 rings (SSSR count). The molecular formula is C16H35Cl2N3O2. The van der Waals surface area contributed by atoms with Crippen molar-refractivity contribution in [2.45, 2.75) is 71.8 Å². The normalized spacial score (nSPS) is 23.7. The molecule has 0 aliphatic carbocycles. The lowest BCUT2D eigenvalue weighted by atomic mass is 9.99. The maximum absolute atomic E-state index is 12.1. The highest BCUT2D eigenvalue weighted by molar-refractivity contribution is 5.85. The van der Waals surface area contributed by atoms with Gasteiger partial charge in [0.25, 0.3) is 0 Å². The number of ether oxygens (including phenoxy) is 1. The second-order valence-corrected chi connectivity index (χ2v) is 7.43. The third kappa shape index (κ3) is 8.54. The summed E-state index contributed by atoms with van der Waals surface area (Å²) in [7, 11) is 0. The topological polar surface area (TPSA) is 67.6 Å². The predicted molar refractivity (Wildman–Crippen MR) is 101 cm³/mol. The van der Waals surface area contributed by atoms with Gasteiger partial charge in [-0.1, -0.05) is 13.8 Å². The van der Waals surface area contributed by atoms with Gasteiger partial charge in [0.05, 0.1) is 18.2 Å². The second kappa shape index (κ2) is 10.7. The molecule has 1 amide bonds. The number of hydrogen-bond donors (Lipinski definition) is 2. The Hall–Kier alpha value is -0.0700. The Labute approximate surface area is 153 Å². The van der Waals surface area contributed by atoms with Crippen LogP contribution in [0.4, 0.5) is 0 Å². The first-order chi connectivity index (χ1) is 9.61. The minimum atomic E-state index is -0.414. The smallest absolute Gasteiger partial charge is 0.236 e. The highest BCUT2D eigenvalue weighted by atomic mass is 35.5. The molecule has 1 fully saturated rings. The van der Waals surface area contributed by atoms with Crippen LogP contribution in [0.5, 0.6) is 0 Å². The lowest BCUT2D eigenvalue weighted by molar-refractivity contribution is -0.124. The number of halogens is 2. The van der Waals surface area contributed by atoms with E-state index < -0.39 is 6.04 Å². The average molecular weight is 372 g/mol. The van der Waals surface area contributed by atoms with Gasteiger partial charge in [0.1, 0.15) is 0 Å². The minimum absolute atomic E-state index is 0. The molecule has 140 valence electrons. The molecule has 0 spiro atoms. The Bertz CT molecular complexity index is 344. The summed E-state index contributed by atoms with van der Waals surface area (Å²) in [5, 5.41) is 3.01. The van der Waals surface area contributed by atoms with Crippen molar-refractivity contribution in [3.05, 3.63) is 0 Å². The molecular weight excluding hydrogens is 337 g/mol. The van der Waals surface area contributed by atoms with E-state index in [2.05, 4.69) is 51.8 Å². The summed E-state index contributed by atoms with van der Waals surface area (Å²) in [6, 6.07) is -0.414.